The smallest absolute Gasteiger partial charge is 0.312 e. The molecule has 1 heterocycles. The molecule has 0 saturated carbocycles. The van der Waals surface area contributed by atoms with Crippen molar-refractivity contribution in [2.45, 2.75) is 32.8 Å². The van der Waals surface area contributed by atoms with Gasteiger partial charge in [-0.05, 0) is 20.8 Å². The van der Waals surface area contributed by atoms with Gasteiger partial charge < -0.3 is 10.1 Å². The summed E-state index contributed by atoms with van der Waals surface area (Å²) in [6, 6.07) is 2.07. The van der Waals surface area contributed by atoms with E-state index in [0.29, 0.717) is 13.0 Å². The van der Waals surface area contributed by atoms with E-state index in [9.17, 15) is 4.79 Å². The van der Waals surface area contributed by atoms with E-state index >= 15 is 0 Å². The number of nitriles is 1. The van der Waals surface area contributed by atoms with E-state index in [-0.39, 0.29) is 5.97 Å². The topological polar surface area (TPSA) is 62.1 Å². The summed E-state index contributed by atoms with van der Waals surface area (Å²) in [4.78, 5) is 11.6. The number of nitrogens with zero attached hydrogens (tertiary/aromatic N) is 1. The van der Waals surface area contributed by atoms with E-state index in [4.69, 9.17) is 10.00 Å². The maximum Gasteiger partial charge on any atom is 0.312 e. The molecule has 0 aromatic heterocycles. The Morgan fingerprint density at radius 2 is 2.21 bits per heavy atom. The first-order chi connectivity index (χ1) is 6.40. The number of hydrogen-bond acceptors (Lipinski definition) is 4. The molecule has 1 aliphatic heterocycles. The van der Waals surface area contributed by atoms with Crippen molar-refractivity contribution in [1.29, 1.82) is 5.26 Å². The molecule has 0 spiro atoms. The summed E-state index contributed by atoms with van der Waals surface area (Å²) in [5.41, 5.74) is -1.49. The lowest BCUT2D eigenvalue weighted by Gasteiger charge is -2.25. The van der Waals surface area contributed by atoms with Crippen molar-refractivity contribution in [2.24, 2.45) is 5.41 Å². The minimum Gasteiger partial charge on any atom is -0.442 e. The van der Waals surface area contributed by atoms with Crippen molar-refractivity contribution >= 4 is 5.97 Å². The fraction of sp³-hybridized carbons (Fsp3) is 0.800. The molecule has 1 saturated heterocycles. The highest BCUT2D eigenvalue weighted by Gasteiger charge is 2.40. The first kappa shape index (κ1) is 11.0. The van der Waals surface area contributed by atoms with E-state index in [0.717, 1.165) is 6.54 Å². The fourth-order valence-electron chi connectivity index (χ4n) is 1.20. The zero-order valence-electron chi connectivity index (χ0n) is 8.89. The Balaban J connectivity index is 2.67. The molecule has 78 valence electrons. The number of nitrogens with one attached hydrogen (secondary N) is 1. The van der Waals surface area contributed by atoms with Crippen molar-refractivity contribution in [2.75, 3.05) is 13.1 Å². The van der Waals surface area contributed by atoms with Gasteiger partial charge >= 0.3 is 5.97 Å². The molecule has 0 bridgehead atoms. The highest BCUT2D eigenvalue weighted by molar-refractivity contribution is 5.76. The number of esters is 1. The zero-order chi connectivity index (χ0) is 10.8. The molecule has 1 atom stereocenters. The molecular weight excluding hydrogens is 180 g/mol. The highest BCUT2D eigenvalue weighted by atomic mass is 16.6. The Morgan fingerprint density at radius 3 is 2.57 bits per heavy atom. The van der Waals surface area contributed by atoms with Gasteiger partial charge in [0.2, 0.25) is 5.60 Å². The van der Waals surface area contributed by atoms with Gasteiger partial charge in [0.15, 0.2) is 0 Å². The molecule has 1 aliphatic rings. The molecule has 0 aromatic carbocycles. The van der Waals surface area contributed by atoms with Crippen LogP contribution in [-0.4, -0.2) is 24.7 Å². The zero-order valence-corrected chi connectivity index (χ0v) is 8.89. The largest absolute Gasteiger partial charge is 0.442 e. The predicted molar refractivity (Wildman–Crippen MR) is 51.4 cm³/mol. The van der Waals surface area contributed by atoms with E-state index < -0.39 is 11.0 Å². The van der Waals surface area contributed by atoms with Gasteiger partial charge in [0.1, 0.15) is 6.07 Å². The molecule has 0 aliphatic carbocycles. The van der Waals surface area contributed by atoms with E-state index in [1.165, 1.54) is 0 Å². The number of ether oxygens (including phenoxy) is 1. The summed E-state index contributed by atoms with van der Waals surface area (Å²) >= 11 is 0. The van der Waals surface area contributed by atoms with Crippen LogP contribution in [0, 0.1) is 16.7 Å². The van der Waals surface area contributed by atoms with Crippen molar-refractivity contribution in [3.8, 4) is 6.07 Å². The summed E-state index contributed by atoms with van der Waals surface area (Å²) < 4.78 is 5.25. The van der Waals surface area contributed by atoms with Gasteiger partial charge in [-0.3, -0.25) is 4.79 Å². The lowest BCUT2D eigenvalue weighted by Crippen LogP contribution is -2.39. The van der Waals surface area contributed by atoms with Crippen LogP contribution in [0.5, 0.6) is 0 Å². The molecule has 14 heavy (non-hydrogen) atoms. The number of carbonyl (C=O) groups excluding carboxylic acids is 1. The monoisotopic (exact) mass is 196 g/mol. The van der Waals surface area contributed by atoms with Gasteiger partial charge in [0.25, 0.3) is 0 Å². The van der Waals surface area contributed by atoms with Crippen LogP contribution >= 0.6 is 0 Å². The Hall–Kier alpha value is -1.08. The maximum atomic E-state index is 11.6. The molecule has 4 nitrogen and oxygen atoms in total. The van der Waals surface area contributed by atoms with Crippen LogP contribution < -0.4 is 5.32 Å². The maximum absolute atomic E-state index is 11.6. The second-order valence-corrected chi connectivity index (χ2v) is 4.67. The average Bonchev–Trinajstić information content (AvgIpc) is 2.52. The normalized spacial score (nSPS) is 27.0. The third-order valence-electron chi connectivity index (χ3n) is 2.22. The molecule has 4 heteroatoms. The molecule has 1 unspecified atom stereocenters. The quantitative estimate of drug-likeness (QED) is 0.631. The minimum atomic E-state index is -0.940. The summed E-state index contributed by atoms with van der Waals surface area (Å²) in [5, 5.41) is 12.0. The van der Waals surface area contributed by atoms with Crippen LogP contribution in [0.15, 0.2) is 0 Å². The molecule has 1 rings (SSSR count). The number of rotatable bonds is 1. The lowest BCUT2D eigenvalue weighted by atomic mass is 9.96. The van der Waals surface area contributed by atoms with Crippen molar-refractivity contribution in [3.63, 3.8) is 0 Å². The van der Waals surface area contributed by atoms with Crippen LogP contribution in [0.3, 0.4) is 0 Å². The fourth-order valence-corrected chi connectivity index (χ4v) is 1.20. The average molecular weight is 196 g/mol. The molecular formula is C10H16N2O2. The second-order valence-electron chi connectivity index (χ2n) is 4.67. The van der Waals surface area contributed by atoms with E-state index in [1.807, 2.05) is 0 Å². The van der Waals surface area contributed by atoms with Gasteiger partial charge in [-0.25, -0.2) is 0 Å². The molecule has 1 fully saturated rings. The number of hydrogen-bond donors (Lipinski definition) is 1. The van der Waals surface area contributed by atoms with Crippen LogP contribution in [0.1, 0.15) is 27.2 Å². The van der Waals surface area contributed by atoms with Crippen molar-refractivity contribution in [3.05, 3.63) is 0 Å². The van der Waals surface area contributed by atoms with E-state index in [1.54, 1.807) is 20.8 Å². The van der Waals surface area contributed by atoms with Gasteiger partial charge in [0.05, 0.1) is 5.41 Å². The Labute approximate surface area is 84.2 Å². The van der Waals surface area contributed by atoms with Gasteiger partial charge in [-0.2, -0.15) is 5.26 Å². The van der Waals surface area contributed by atoms with Crippen LogP contribution in [0.2, 0.25) is 0 Å². The highest BCUT2D eigenvalue weighted by Crippen LogP contribution is 2.24. The number of carbonyl (C=O) groups is 1. The van der Waals surface area contributed by atoms with E-state index in [2.05, 4.69) is 11.4 Å². The van der Waals surface area contributed by atoms with Crippen molar-refractivity contribution < 1.29 is 9.53 Å². The lowest BCUT2D eigenvalue weighted by molar-refractivity contribution is -0.162. The summed E-state index contributed by atoms with van der Waals surface area (Å²) in [6.45, 7) is 6.50. The third-order valence-corrected chi connectivity index (χ3v) is 2.22. The van der Waals surface area contributed by atoms with Crippen LogP contribution in [-0.2, 0) is 9.53 Å². The first-order valence-electron chi connectivity index (χ1n) is 4.75. The Bertz CT molecular complexity index is 267. The molecule has 0 aromatic rings. The van der Waals surface area contributed by atoms with Crippen LogP contribution in [0.25, 0.3) is 0 Å². The molecule has 0 radical (unpaired) electrons. The minimum absolute atomic E-state index is 0.317. The van der Waals surface area contributed by atoms with Crippen LogP contribution in [0.4, 0.5) is 0 Å². The standard InChI is InChI=1S/C10H16N2O2/c1-9(2,3)8(13)14-10(6-11)4-5-12-7-10/h12H,4-5,7H2,1-3H3. The SMILES string of the molecule is CC(C)(C)C(=O)OC1(C#N)CCNC1. The van der Waals surface area contributed by atoms with Gasteiger partial charge in [-0.15, -0.1) is 0 Å². The second kappa shape index (κ2) is 3.58. The third kappa shape index (κ3) is 2.24. The van der Waals surface area contributed by atoms with Crippen molar-refractivity contribution in [1.82, 2.24) is 5.32 Å². The Kier molecular flexibility index (Phi) is 2.81. The van der Waals surface area contributed by atoms with Gasteiger partial charge in [-0.1, -0.05) is 0 Å². The van der Waals surface area contributed by atoms with Gasteiger partial charge in [0, 0.05) is 19.5 Å². The molecule has 1 N–H and O–H groups in total. The molecule has 0 amide bonds. The summed E-state index contributed by atoms with van der Waals surface area (Å²) in [6.07, 6.45) is 0.575. The predicted octanol–water partition coefficient (Wildman–Crippen LogP) is 0.831. The first-order valence-corrected chi connectivity index (χ1v) is 4.75. The summed E-state index contributed by atoms with van der Waals surface area (Å²) in [5.74, 6) is -0.317. The summed E-state index contributed by atoms with van der Waals surface area (Å²) in [7, 11) is 0. The Morgan fingerprint density at radius 1 is 1.57 bits per heavy atom.